The Morgan fingerprint density at radius 3 is 2.71 bits per heavy atom. The Labute approximate surface area is 183 Å². The highest BCUT2D eigenvalue weighted by atomic mass is 32.1. The molecule has 0 saturated heterocycles. The lowest BCUT2D eigenvalue weighted by molar-refractivity contribution is -0.386. The molecule has 3 aromatic rings. The number of nitro benzene ring substituents is 1. The summed E-state index contributed by atoms with van der Waals surface area (Å²) >= 11 is 1.38. The third-order valence-corrected chi connectivity index (χ3v) is 4.93. The lowest BCUT2D eigenvalue weighted by Gasteiger charge is -2.11. The number of rotatable bonds is 10. The summed E-state index contributed by atoms with van der Waals surface area (Å²) < 4.78 is 16.2. The van der Waals surface area contributed by atoms with Crippen molar-refractivity contribution in [2.45, 2.75) is 13.3 Å². The zero-order valence-electron chi connectivity index (χ0n) is 17.3. The first-order valence-electron chi connectivity index (χ1n) is 9.44. The molecule has 31 heavy (non-hydrogen) atoms. The summed E-state index contributed by atoms with van der Waals surface area (Å²) in [5, 5.41) is 18.1. The van der Waals surface area contributed by atoms with Gasteiger partial charge in [-0.25, -0.2) is 4.98 Å². The SMILES string of the molecule is CCCOc1c(OC)cc(/C=N\Nc2nc(-c3ccccc3OC)cs2)cc1[N+](=O)[O-]. The smallest absolute Gasteiger partial charge is 0.315 e. The third-order valence-electron chi connectivity index (χ3n) is 4.19. The number of nitrogens with one attached hydrogen (secondary N) is 1. The van der Waals surface area contributed by atoms with Gasteiger partial charge in [-0.05, 0) is 24.6 Å². The molecule has 0 aliphatic rings. The minimum atomic E-state index is -0.501. The van der Waals surface area contributed by atoms with E-state index in [9.17, 15) is 10.1 Å². The monoisotopic (exact) mass is 442 g/mol. The highest BCUT2D eigenvalue weighted by molar-refractivity contribution is 7.14. The number of hydrogen-bond donors (Lipinski definition) is 1. The second kappa shape index (κ2) is 10.4. The highest BCUT2D eigenvalue weighted by Crippen LogP contribution is 2.38. The van der Waals surface area contributed by atoms with Crippen LogP contribution in [-0.4, -0.2) is 36.9 Å². The number of aromatic nitrogens is 1. The second-order valence-corrected chi connectivity index (χ2v) is 7.14. The Kier molecular flexibility index (Phi) is 7.39. The number of hydrogen-bond acceptors (Lipinski definition) is 9. The summed E-state index contributed by atoms with van der Waals surface area (Å²) in [5.41, 5.74) is 4.79. The third kappa shape index (κ3) is 5.28. The van der Waals surface area contributed by atoms with E-state index in [1.807, 2.05) is 36.6 Å². The molecule has 3 rings (SSSR count). The van der Waals surface area contributed by atoms with Crippen LogP contribution in [-0.2, 0) is 0 Å². The van der Waals surface area contributed by atoms with Crippen molar-refractivity contribution in [3.63, 3.8) is 0 Å². The molecule has 1 N–H and O–H groups in total. The standard InChI is InChI=1S/C21H22N4O5S/c1-4-9-30-20-17(25(26)27)10-14(11-19(20)29-3)12-22-24-21-23-16(13-31-21)15-7-5-6-8-18(15)28-2/h5-8,10-13H,4,9H2,1-3H3,(H,23,24)/b22-12-. The number of methoxy groups -OCH3 is 2. The zero-order valence-corrected chi connectivity index (χ0v) is 18.1. The van der Waals surface area contributed by atoms with Crippen LogP contribution in [0.3, 0.4) is 0 Å². The van der Waals surface area contributed by atoms with Crippen LogP contribution >= 0.6 is 11.3 Å². The Hall–Kier alpha value is -3.66. The minimum Gasteiger partial charge on any atom is -0.496 e. The molecule has 10 heteroatoms. The number of anilines is 1. The van der Waals surface area contributed by atoms with E-state index in [1.165, 1.54) is 30.7 Å². The fraction of sp³-hybridized carbons (Fsp3) is 0.238. The first-order valence-corrected chi connectivity index (χ1v) is 10.3. The molecule has 0 spiro atoms. The van der Waals surface area contributed by atoms with Gasteiger partial charge in [-0.15, -0.1) is 11.3 Å². The fourth-order valence-corrected chi connectivity index (χ4v) is 3.45. The molecule has 0 aliphatic heterocycles. The fourth-order valence-electron chi connectivity index (χ4n) is 2.79. The molecular formula is C21H22N4O5S. The molecule has 9 nitrogen and oxygen atoms in total. The topological polar surface area (TPSA) is 108 Å². The van der Waals surface area contributed by atoms with Gasteiger partial charge in [-0.1, -0.05) is 19.1 Å². The van der Waals surface area contributed by atoms with E-state index in [0.717, 1.165) is 23.4 Å². The van der Waals surface area contributed by atoms with Crippen LogP contribution in [0.2, 0.25) is 0 Å². The van der Waals surface area contributed by atoms with Crippen molar-refractivity contribution < 1.29 is 19.1 Å². The van der Waals surface area contributed by atoms with Gasteiger partial charge in [-0.3, -0.25) is 15.5 Å². The minimum absolute atomic E-state index is 0.112. The van der Waals surface area contributed by atoms with Crippen molar-refractivity contribution in [3.05, 3.63) is 57.5 Å². The molecule has 0 aliphatic carbocycles. The van der Waals surface area contributed by atoms with Crippen molar-refractivity contribution in [1.29, 1.82) is 0 Å². The molecule has 162 valence electrons. The van der Waals surface area contributed by atoms with Crippen molar-refractivity contribution >= 4 is 28.4 Å². The lowest BCUT2D eigenvalue weighted by Crippen LogP contribution is -2.03. The van der Waals surface area contributed by atoms with Crippen LogP contribution in [0.1, 0.15) is 18.9 Å². The van der Waals surface area contributed by atoms with E-state index in [4.69, 9.17) is 14.2 Å². The number of thiazole rings is 1. The number of benzene rings is 2. The predicted octanol–water partition coefficient (Wildman–Crippen LogP) is 4.97. The van der Waals surface area contributed by atoms with Gasteiger partial charge in [0, 0.05) is 22.6 Å². The van der Waals surface area contributed by atoms with Gasteiger partial charge < -0.3 is 14.2 Å². The normalized spacial score (nSPS) is 10.8. The van der Waals surface area contributed by atoms with Gasteiger partial charge in [0.2, 0.25) is 10.9 Å². The molecule has 0 radical (unpaired) electrons. The predicted molar refractivity (Wildman–Crippen MR) is 121 cm³/mol. The Morgan fingerprint density at radius 2 is 2.00 bits per heavy atom. The maximum absolute atomic E-state index is 11.5. The average Bonchev–Trinajstić information content (AvgIpc) is 3.26. The van der Waals surface area contributed by atoms with E-state index >= 15 is 0 Å². The summed E-state index contributed by atoms with van der Waals surface area (Å²) in [6, 6.07) is 10.6. The van der Waals surface area contributed by atoms with Gasteiger partial charge >= 0.3 is 5.69 Å². The van der Waals surface area contributed by atoms with Crippen molar-refractivity contribution in [3.8, 4) is 28.5 Å². The quantitative estimate of drug-likeness (QED) is 0.268. The first kappa shape index (κ1) is 22.0. The van der Waals surface area contributed by atoms with Crippen molar-refractivity contribution in [2.75, 3.05) is 26.3 Å². The van der Waals surface area contributed by atoms with Gasteiger partial charge in [-0.2, -0.15) is 5.10 Å². The summed E-state index contributed by atoms with van der Waals surface area (Å²) in [4.78, 5) is 15.5. The Bertz CT molecular complexity index is 1080. The summed E-state index contributed by atoms with van der Waals surface area (Å²) in [6.07, 6.45) is 2.18. The Morgan fingerprint density at radius 1 is 1.23 bits per heavy atom. The van der Waals surface area contributed by atoms with Gasteiger partial charge in [0.05, 0.1) is 37.7 Å². The van der Waals surface area contributed by atoms with Crippen LogP contribution < -0.4 is 19.6 Å². The zero-order chi connectivity index (χ0) is 22.2. The molecule has 0 unspecified atom stereocenters. The maximum atomic E-state index is 11.5. The van der Waals surface area contributed by atoms with Gasteiger partial charge in [0.25, 0.3) is 0 Å². The van der Waals surface area contributed by atoms with Gasteiger partial charge in [0.15, 0.2) is 5.75 Å². The summed E-state index contributed by atoms with van der Waals surface area (Å²) in [5.74, 6) is 1.12. The number of nitro groups is 1. The van der Waals surface area contributed by atoms with Crippen molar-refractivity contribution in [2.24, 2.45) is 5.10 Å². The van der Waals surface area contributed by atoms with Crippen molar-refractivity contribution in [1.82, 2.24) is 4.98 Å². The summed E-state index contributed by atoms with van der Waals surface area (Å²) in [7, 11) is 3.05. The molecular weight excluding hydrogens is 420 g/mol. The molecule has 1 aromatic heterocycles. The van der Waals surface area contributed by atoms with E-state index in [1.54, 1.807) is 13.2 Å². The second-order valence-electron chi connectivity index (χ2n) is 6.29. The van der Waals surface area contributed by atoms with E-state index in [0.29, 0.717) is 17.3 Å². The maximum Gasteiger partial charge on any atom is 0.315 e. The molecule has 0 saturated carbocycles. The highest BCUT2D eigenvalue weighted by Gasteiger charge is 2.22. The molecule has 0 bridgehead atoms. The molecule has 2 aromatic carbocycles. The summed E-state index contributed by atoms with van der Waals surface area (Å²) in [6.45, 7) is 2.27. The van der Waals surface area contributed by atoms with Gasteiger partial charge in [0.1, 0.15) is 5.75 Å². The van der Waals surface area contributed by atoms with Crippen LogP contribution in [0, 0.1) is 10.1 Å². The first-order chi connectivity index (χ1) is 15.1. The number of ether oxygens (including phenoxy) is 3. The average molecular weight is 442 g/mol. The molecule has 0 fully saturated rings. The van der Waals surface area contributed by atoms with E-state index in [2.05, 4.69) is 15.5 Å². The van der Waals surface area contributed by atoms with Crippen LogP contribution in [0.5, 0.6) is 17.2 Å². The molecule has 0 atom stereocenters. The van der Waals surface area contributed by atoms with E-state index < -0.39 is 4.92 Å². The largest absolute Gasteiger partial charge is 0.496 e. The van der Waals surface area contributed by atoms with Crippen LogP contribution in [0.15, 0.2) is 46.9 Å². The lowest BCUT2D eigenvalue weighted by atomic mass is 10.1. The van der Waals surface area contributed by atoms with Crippen LogP contribution in [0.4, 0.5) is 10.8 Å². The Balaban J connectivity index is 1.79. The number of nitrogens with zero attached hydrogens (tertiary/aromatic N) is 3. The molecule has 1 heterocycles. The van der Waals surface area contributed by atoms with Crippen LogP contribution in [0.25, 0.3) is 11.3 Å². The molecule has 0 amide bonds. The number of para-hydroxylation sites is 1. The van der Waals surface area contributed by atoms with E-state index in [-0.39, 0.29) is 17.2 Å². The number of hydrazone groups is 1.